The van der Waals surface area contributed by atoms with E-state index in [1.54, 1.807) is 18.2 Å². The van der Waals surface area contributed by atoms with E-state index in [2.05, 4.69) is 11.9 Å². The Morgan fingerprint density at radius 2 is 2.24 bits per heavy atom. The van der Waals surface area contributed by atoms with Crippen LogP contribution < -0.4 is 5.32 Å². The molecule has 0 aliphatic heterocycles. The fraction of sp³-hybridized carbons (Fsp3) is 0.333. The van der Waals surface area contributed by atoms with Crippen molar-refractivity contribution < 1.29 is 9.66 Å². The number of nitrogens with zero attached hydrogens (tertiary/aromatic N) is 1. The number of benzene rings is 1. The Morgan fingerprint density at radius 3 is 2.94 bits per heavy atom. The van der Waals surface area contributed by atoms with E-state index in [-0.39, 0.29) is 10.6 Å². The van der Waals surface area contributed by atoms with Crippen molar-refractivity contribution in [1.82, 2.24) is 5.32 Å². The third kappa shape index (κ3) is 4.65. The van der Waals surface area contributed by atoms with Gasteiger partial charge >= 0.3 is 0 Å². The van der Waals surface area contributed by atoms with Crippen LogP contribution in [0.3, 0.4) is 0 Å². The normalized spacial score (nSPS) is 9.88. The summed E-state index contributed by atoms with van der Waals surface area (Å²) in [6.45, 7) is 5.29. The lowest BCUT2D eigenvalue weighted by atomic mass is 10.2. The molecule has 1 aromatic rings. The molecule has 0 bridgehead atoms. The Labute approximate surface area is 100 Å². The van der Waals surface area contributed by atoms with Crippen molar-refractivity contribution in [1.29, 1.82) is 0 Å². The van der Waals surface area contributed by atoms with Gasteiger partial charge in [-0.3, -0.25) is 10.1 Å². The van der Waals surface area contributed by atoms with E-state index in [0.29, 0.717) is 18.7 Å². The highest BCUT2D eigenvalue weighted by atomic mass is 16.6. The number of ether oxygens (including phenoxy) is 1. The predicted octanol–water partition coefficient (Wildman–Crippen LogP) is 2.23. The number of rotatable bonds is 8. The van der Waals surface area contributed by atoms with Gasteiger partial charge in [-0.05, 0) is 13.0 Å². The van der Waals surface area contributed by atoms with Gasteiger partial charge in [-0.2, -0.15) is 0 Å². The lowest BCUT2D eigenvalue weighted by molar-refractivity contribution is -0.385. The zero-order chi connectivity index (χ0) is 12.5. The van der Waals surface area contributed by atoms with Crippen LogP contribution in [0.25, 0.3) is 0 Å². The molecule has 0 atom stereocenters. The summed E-state index contributed by atoms with van der Waals surface area (Å²) in [7, 11) is 0. The van der Waals surface area contributed by atoms with Crippen molar-refractivity contribution in [2.75, 3.05) is 13.2 Å². The number of nitro groups is 1. The van der Waals surface area contributed by atoms with Crippen LogP contribution in [0.15, 0.2) is 37.1 Å². The van der Waals surface area contributed by atoms with Gasteiger partial charge in [0.15, 0.2) is 0 Å². The van der Waals surface area contributed by atoms with Crippen LogP contribution >= 0.6 is 0 Å². The fourth-order valence-corrected chi connectivity index (χ4v) is 1.43. The van der Waals surface area contributed by atoms with Gasteiger partial charge in [0, 0.05) is 18.2 Å². The third-order valence-corrected chi connectivity index (χ3v) is 2.24. The van der Waals surface area contributed by atoms with E-state index >= 15 is 0 Å². The van der Waals surface area contributed by atoms with E-state index in [4.69, 9.17) is 4.74 Å². The second-order valence-electron chi connectivity index (χ2n) is 3.45. The van der Waals surface area contributed by atoms with Crippen molar-refractivity contribution in [2.45, 2.75) is 13.0 Å². The first-order chi connectivity index (χ1) is 8.25. The minimum absolute atomic E-state index is 0.155. The molecule has 0 saturated heterocycles. The van der Waals surface area contributed by atoms with E-state index in [1.807, 2.05) is 0 Å². The van der Waals surface area contributed by atoms with Crippen LogP contribution in [0.5, 0.6) is 0 Å². The Bertz CT molecular complexity index is 380. The molecule has 1 aromatic carbocycles. The summed E-state index contributed by atoms with van der Waals surface area (Å²) >= 11 is 0. The van der Waals surface area contributed by atoms with Crippen molar-refractivity contribution in [3.63, 3.8) is 0 Å². The Morgan fingerprint density at radius 1 is 1.47 bits per heavy atom. The first-order valence-electron chi connectivity index (χ1n) is 5.41. The molecule has 0 unspecified atom stereocenters. The Hall–Kier alpha value is -1.88. The summed E-state index contributed by atoms with van der Waals surface area (Å²) in [6.07, 6.45) is 2.24. The van der Waals surface area contributed by atoms with Crippen LogP contribution in [-0.2, 0) is 11.3 Å². The standard InChI is InChI=1S/C12H16N2O3/c1-2-17-9-5-8-13-10-11-6-3-4-7-12(11)14(15)16/h2-4,6-7,13H,1,5,8-10H2. The van der Waals surface area contributed by atoms with Gasteiger partial charge in [0.2, 0.25) is 0 Å². The van der Waals surface area contributed by atoms with E-state index in [0.717, 1.165) is 13.0 Å². The van der Waals surface area contributed by atoms with Crippen molar-refractivity contribution in [2.24, 2.45) is 0 Å². The first kappa shape index (κ1) is 13.2. The van der Waals surface area contributed by atoms with E-state index in [9.17, 15) is 10.1 Å². The molecule has 92 valence electrons. The van der Waals surface area contributed by atoms with Gasteiger partial charge in [-0.25, -0.2) is 0 Å². The highest BCUT2D eigenvalue weighted by Gasteiger charge is 2.10. The lowest BCUT2D eigenvalue weighted by Gasteiger charge is -2.05. The van der Waals surface area contributed by atoms with Crippen LogP contribution in [0.4, 0.5) is 5.69 Å². The van der Waals surface area contributed by atoms with Crippen molar-refractivity contribution in [3.8, 4) is 0 Å². The topological polar surface area (TPSA) is 64.4 Å². The summed E-state index contributed by atoms with van der Waals surface area (Å²) in [6, 6.07) is 6.73. The molecule has 0 aliphatic carbocycles. The van der Waals surface area contributed by atoms with Gasteiger partial charge in [0.05, 0.1) is 17.8 Å². The van der Waals surface area contributed by atoms with Crippen molar-refractivity contribution in [3.05, 3.63) is 52.8 Å². The lowest BCUT2D eigenvalue weighted by Crippen LogP contribution is -2.16. The largest absolute Gasteiger partial charge is 0.502 e. The van der Waals surface area contributed by atoms with Crippen LogP contribution in [-0.4, -0.2) is 18.1 Å². The average Bonchev–Trinajstić information content (AvgIpc) is 2.34. The molecular formula is C12H16N2O3. The first-order valence-corrected chi connectivity index (χ1v) is 5.41. The maximum Gasteiger partial charge on any atom is 0.273 e. The molecule has 0 spiro atoms. The Kier molecular flexibility index (Phi) is 5.74. The van der Waals surface area contributed by atoms with E-state index in [1.165, 1.54) is 12.3 Å². The molecule has 0 saturated carbocycles. The highest BCUT2D eigenvalue weighted by molar-refractivity contribution is 5.39. The molecule has 0 radical (unpaired) electrons. The number of nitrogens with one attached hydrogen (secondary N) is 1. The smallest absolute Gasteiger partial charge is 0.273 e. The van der Waals surface area contributed by atoms with Crippen LogP contribution in [0, 0.1) is 10.1 Å². The highest BCUT2D eigenvalue weighted by Crippen LogP contribution is 2.16. The monoisotopic (exact) mass is 236 g/mol. The maximum atomic E-state index is 10.7. The van der Waals surface area contributed by atoms with E-state index < -0.39 is 0 Å². The molecule has 1 rings (SSSR count). The minimum Gasteiger partial charge on any atom is -0.502 e. The summed E-state index contributed by atoms with van der Waals surface area (Å²) < 4.78 is 4.96. The quantitative estimate of drug-likeness (QED) is 0.325. The second-order valence-corrected chi connectivity index (χ2v) is 3.45. The third-order valence-electron chi connectivity index (χ3n) is 2.24. The molecule has 17 heavy (non-hydrogen) atoms. The molecule has 5 nitrogen and oxygen atoms in total. The SMILES string of the molecule is C=COCCCNCc1ccccc1[N+](=O)[O-]. The van der Waals surface area contributed by atoms with Crippen LogP contribution in [0.1, 0.15) is 12.0 Å². The molecule has 0 aromatic heterocycles. The maximum absolute atomic E-state index is 10.7. The number of hydrogen-bond donors (Lipinski definition) is 1. The van der Waals surface area contributed by atoms with Gasteiger partial charge < -0.3 is 10.1 Å². The molecule has 5 heteroatoms. The molecule has 1 N–H and O–H groups in total. The zero-order valence-corrected chi connectivity index (χ0v) is 9.59. The molecular weight excluding hydrogens is 220 g/mol. The number of hydrogen-bond acceptors (Lipinski definition) is 4. The average molecular weight is 236 g/mol. The summed E-state index contributed by atoms with van der Waals surface area (Å²) in [5.74, 6) is 0. The van der Waals surface area contributed by atoms with Gasteiger partial charge in [0.1, 0.15) is 0 Å². The summed E-state index contributed by atoms with van der Waals surface area (Å²) in [4.78, 5) is 10.4. The van der Waals surface area contributed by atoms with Gasteiger partial charge in [-0.1, -0.05) is 24.8 Å². The Balaban J connectivity index is 2.36. The molecule has 0 fully saturated rings. The number of nitro benzene ring substituents is 1. The van der Waals surface area contributed by atoms with Crippen molar-refractivity contribution >= 4 is 5.69 Å². The summed E-state index contributed by atoms with van der Waals surface area (Å²) in [5, 5.41) is 13.9. The molecule has 0 heterocycles. The minimum atomic E-state index is -0.363. The predicted molar refractivity (Wildman–Crippen MR) is 65.6 cm³/mol. The van der Waals surface area contributed by atoms with Gasteiger partial charge in [-0.15, -0.1) is 0 Å². The van der Waals surface area contributed by atoms with Crippen LogP contribution in [0.2, 0.25) is 0 Å². The zero-order valence-electron chi connectivity index (χ0n) is 9.59. The summed E-state index contributed by atoms with van der Waals surface area (Å²) in [5.41, 5.74) is 0.851. The fourth-order valence-electron chi connectivity index (χ4n) is 1.43. The van der Waals surface area contributed by atoms with Gasteiger partial charge in [0.25, 0.3) is 5.69 Å². The second kappa shape index (κ2) is 7.40. The number of para-hydroxylation sites is 1. The molecule has 0 aliphatic rings. The molecule has 0 amide bonds.